The molecule has 2 aromatic heterocycles. The highest BCUT2D eigenvalue weighted by molar-refractivity contribution is 5.23. The van der Waals surface area contributed by atoms with Crippen molar-refractivity contribution >= 4 is 0 Å². The summed E-state index contributed by atoms with van der Waals surface area (Å²) in [6, 6.07) is 8.75. The fourth-order valence-corrected chi connectivity index (χ4v) is 4.04. The molecule has 0 bridgehead atoms. The lowest BCUT2D eigenvalue weighted by atomic mass is 9.75. The van der Waals surface area contributed by atoms with E-state index in [9.17, 15) is 0 Å². The number of aromatic nitrogens is 2. The Labute approximate surface area is 151 Å². The number of hydrogen-bond donors (Lipinski definition) is 1. The number of hydrogen-bond acceptors (Lipinski definition) is 4. The Morgan fingerprint density at radius 1 is 1.08 bits per heavy atom. The van der Waals surface area contributed by atoms with E-state index in [1.54, 1.807) is 0 Å². The summed E-state index contributed by atoms with van der Waals surface area (Å²) in [6.07, 6.45) is 4.27. The predicted octanol–water partition coefficient (Wildman–Crippen LogP) is 3.16. The summed E-state index contributed by atoms with van der Waals surface area (Å²) in [5.74, 6) is 0. The topological polar surface area (TPSA) is 41.1 Å². The van der Waals surface area contributed by atoms with Crippen LogP contribution in [-0.2, 0) is 12.0 Å². The first-order valence-corrected chi connectivity index (χ1v) is 9.23. The van der Waals surface area contributed by atoms with Crippen molar-refractivity contribution in [2.75, 3.05) is 26.7 Å². The SMILES string of the molecule is Cc1ccc(C2(CN(C)Cc3cc(C)cc(C)n3)CCNCC2)nc1. The molecule has 0 amide bonds. The fourth-order valence-electron chi connectivity index (χ4n) is 4.04. The lowest BCUT2D eigenvalue weighted by molar-refractivity contribution is 0.190. The van der Waals surface area contributed by atoms with Gasteiger partial charge >= 0.3 is 0 Å². The molecule has 1 saturated heterocycles. The van der Waals surface area contributed by atoms with Crippen LogP contribution in [-0.4, -0.2) is 41.5 Å². The van der Waals surface area contributed by atoms with E-state index in [1.807, 2.05) is 6.20 Å². The molecule has 4 heteroatoms. The fraction of sp³-hybridized carbons (Fsp3) is 0.524. The van der Waals surface area contributed by atoms with Crippen LogP contribution >= 0.6 is 0 Å². The Balaban J connectivity index is 1.79. The summed E-state index contributed by atoms with van der Waals surface area (Å²) in [5, 5.41) is 3.50. The first kappa shape index (κ1) is 18.0. The van der Waals surface area contributed by atoms with Crippen molar-refractivity contribution in [3.8, 4) is 0 Å². The van der Waals surface area contributed by atoms with Crippen molar-refractivity contribution in [1.82, 2.24) is 20.2 Å². The molecule has 0 aliphatic carbocycles. The van der Waals surface area contributed by atoms with Crippen molar-refractivity contribution in [2.24, 2.45) is 0 Å². The van der Waals surface area contributed by atoms with Gasteiger partial charge in [0.15, 0.2) is 0 Å². The average molecular weight is 338 g/mol. The molecule has 0 atom stereocenters. The molecular formula is C21H30N4. The zero-order valence-corrected chi connectivity index (χ0v) is 16.0. The maximum Gasteiger partial charge on any atom is 0.0549 e. The van der Waals surface area contributed by atoms with E-state index >= 15 is 0 Å². The van der Waals surface area contributed by atoms with Gasteiger partial charge in [0, 0.05) is 36.1 Å². The molecule has 1 aliphatic rings. The van der Waals surface area contributed by atoms with Crippen LogP contribution in [0.2, 0.25) is 0 Å². The first-order valence-electron chi connectivity index (χ1n) is 9.23. The zero-order chi connectivity index (χ0) is 17.9. The molecule has 4 nitrogen and oxygen atoms in total. The molecule has 1 fully saturated rings. The minimum absolute atomic E-state index is 0.132. The molecule has 0 spiro atoms. The van der Waals surface area contributed by atoms with Crippen molar-refractivity contribution in [1.29, 1.82) is 0 Å². The molecule has 0 unspecified atom stereocenters. The monoisotopic (exact) mass is 338 g/mol. The Morgan fingerprint density at radius 3 is 2.48 bits per heavy atom. The molecule has 134 valence electrons. The molecule has 3 heterocycles. The lowest BCUT2D eigenvalue weighted by Crippen LogP contribution is -2.47. The number of piperidine rings is 1. The molecule has 0 saturated carbocycles. The highest BCUT2D eigenvalue weighted by Gasteiger charge is 2.36. The molecular weight excluding hydrogens is 308 g/mol. The summed E-state index contributed by atoms with van der Waals surface area (Å²) in [7, 11) is 2.21. The van der Waals surface area contributed by atoms with Crippen LogP contribution in [0, 0.1) is 20.8 Å². The molecule has 25 heavy (non-hydrogen) atoms. The number of aryl methyl sites for hydroxylation is 3. The maximum atomic E-state index is 4.79. The smallest absolute Gasteiger partial charge is 0.0549 e. The predicted molar refractivity (Wildman–Crippen MR) is 103 cm³/mol. The third-order valence-electron chi connectivity index (χ3n) is 5.17. The second-order valence-electron chi connectivity index (χ2n) is 7.70. The molecule has 3 rings (SSSR count). The Kier molecular flexibility index (Phi) is 5.50. The standard InChI is InChI=1S/C21H30N4/c1-16-5-6-20(23-13-16)21(7-9-22-10-8-21)15-25(4)14-19-12-17(2)11-18(3)24-19/h5-6,11-13,22H,7-10,14-15H2,1-4H3. The molecule has 0 radical (unpaired) electrons. The average Bonchev–Trinajstić information content (AvgIpc) is 2.55. The van der Waals surface area contributed by atoms with E-state index in [1.165, 1.54) is 16.8 Å². The second-order valence-corrected chi connectivity index (χ2v) is 7.70. The van der Waals surface area contributed by atoms with E-state index in [2.05, 4.69) is 62.3 Å². The largest absolute Gasteiger partial charge is 0.317 e. The van der Waals surface area contributed by atoms with E-state index in [-0.39, 0.29) is 5.41 Å². The lowest BCUT2D eigenvalue weighted by Gasteiger charge is -2.40. The van der Waals surface area contributed by atoms with Gasteiger partial charge in [-0.3, -0.25) is 14.9 Å². The van der Waals surface area contributed by atoms with Crippen LogP contribution in [0.15, 0.2) is 30.5 Å². The highest BCUT2D eigenvalue weighted by atomic mass is 15.1. The van der Waals surface area contributed by atoms with Crippen LogP contribution in [0.5, 0.6) is 0 Å². The van der Waals surface area contributed by atoms with Crippen LogP contribution in [0.4, 0.5) is 0 Å². The minimum atomic E-state index is 0.132. The first-order chi connectivity index (χ1) is 12.0. The number of rotatable bonds is 5. The summed E-state index contributed by atoms with van der Waals surface area (Å²) >= 11 is 0. The summed E-state index contributed by atoms with van der Waals surface area (Å²) in [4.78, 5) is 11.9. The van der Waals surface area contributed by atoms with Gasteiger partial charge in [-0.15, -0.1) is 0 Å². The van der Waals surface area contributed by atoms with Crippen molar-refractivity contribution in [2.45, 2.75) is 45.6 Å². The van der Waals surface area contributed by atoms with Crippen molar-refractivity contribution in [3.05, 3.63) is 58.7 Å². The Bertz CT molecular complexity index is 682. The van der Waals surface area contributed by atoms with Gasteiger partial charge in [0.1, 0.15) is 0 Å². The van der Waals surface area contributed by atoms with E-state index in [0.717, 1.165) is 50.4 Å². The van der Waals surface area contributed by atoms with Gasteiger partial charge in [0.25, 0.3) is 0 Å². The summed E-state index contributed by atoms with van der Waals surface area (Å²) < 4.78 is 0. The normalized spacial score (nSPS) is 17.0. The number of nitrogens with one attached hydrogen (secondary N) is 1. The zero-order valence-electron chi connectivity index (χ0n) is 16.0. The van der Waals surface area contributed by atoms with E-state index < -0.39 is 0 Å². The van der Waals surface area contributed by atoms with E-state index in [0.29, 0.717) is 0 Å². The van der Waals surface area contributed by atoms with Gasteiger partial charge in [-0.25, -0.2) is 0 Å². The quantitative estimate of drug-likeness (QED) is 0.909. The minimum Gasteiger partial charge on any atom is -0.317 e. The van der Waals surface area contributed by atoms with Gasteiger partial charge in [-0.1, -0.05) is 6.07 Å². The van der Waals surface area contributed by atoms with Gasteiger partial charge < -0.3 is 5.32 Å². The second kappa shape index (κ2) is 7.63. The van der Waals surface area contributed by atoms with E-state index in [4.69, 9.17) is 9.97 Å². The van der Waals surface area contributed by atoms with Crippen molar-refractivity contribution in [3.63, 3.8) is 0 Å². The van der Waals surface area contributed by atoms with Crippen LogP contribution in [0.1, 0.15) is 41.1 Å². The van der Waals surface area contributed by atoms with Crippen molar-refractivity contribution < 1.29 is 0 Å². The third-order valence-corrected chi connectivity index (χ3v) is 5.17. The van der Waals surface area contributed by atoms with Gasteiger partial charge in [0.2, 0.25) is 0 Å². The van der Waals surface area contributed by atoms with Crippen LogP contribution < -0.4 is 5.32 Å². The number of pyridine rings is 2. The molecule has 0 aromatic carbocycles. The Hall–Kier alpha value is -1.78. The highest BCUT2D eigenvalue weighted by Crippen LogP contribution is 2.33. The molecule has 1 N–H and O–H groups in total. The molecule has 1 aliphatic heterocycles. The van der Waals surface area contributed by atoms with Gasteiger partial charge in [-0.2, -0.15) is 0 Å². The van der Waals surface area contributed by atoms with Crippen LogP contribution in [0.25, 0.3) is 0 Å². The number of likely N-dealkylation sites (N-methyl/N-ethyl adjacent to an activating group) is 1. The van der Waals surface area contributed by atoms with Crippen LogP contribution in [0.3, 0.4) is 0 Å². The number of nitrogens with zero attached hydrogens (tertiary/aromatic N) is 3. The maximum absolute atomic E-state index is 4.79. The molecule has 2 aromatic rings. The van der Waals surface area contributed by atoms with Gasteiger partial charge in [0.05, 0.1) is 5.69 Å². The summed E-state index contributed by atoms with van der Waals surface area (Å²) in [5.41, 5.74) is 6.13. The van der Waals surface area contributed by atoms with Gasteiger partial charge in [-0.05, 0) is 83.1 Å². The Morgan fingerprint density at radius 2 is 1.84 bits per heavy atom. The third kappa shape index (κ3) is 4.44. The summed E-state index contributed by atoms with van der Waals surface area (Å²) in [6.45, 7) is 10.3.